The molecule has 1 aliphatic heterocycles. The summed E-state index contributed by atoms with van der Waals surface area (Å²) >= 11 is 7.44. The minimum atomic E-state index is -3.07. The lowest BCUT2D eigenvalue weighted by atomic mass is 10.3. The van der Waals surface area contributed by atoms with Crippen LogP contribution in [0.4, 0.5) is 0 Å². The van der Waals surface area contributed by atoms with Crippen molar-refractivity contribution in [2.24, 2.45) is 0 Å². The molecule has 3 rings (SSSR count). The highest BCUT2D eigenvalue weighted by atomic mass is 35.5. The van der Waals surface area contributed by atoms with E-state index in [2.05, 4.69) is 14.9 Å². The highest BCUT2D eigenvalue weighted by molar-refractivity contribution is 7.88. The van der Waals surface area contributed by atoms with Gasteiger partial charge >= 0.3 is 0 Å². The summed E-state index contributed by atoms with van der Waals surface area (Å²) in [5, 5.41) is 0.258. The molecule has 9 heteroatoms. The number of aromatic nitrogens is 2. The Hall–Kier alpha value is -0.800. The molecular weight excluding hydrogens is 332 g/mol. The molecule has 6 nitrogen and oxygen atoms in total. The van der Waals surface area contributed by atoms with Crippen molar-refractivity contribution in [3.63, 3.8) is 0 Å². The molecule has 2 aromatic heterocycles. The molecule has 1 fully saturated rings. The van der Waals surface area contributed by atoms with Gasteiger partial charge in [0, 0.05) is 43.8 Å². The number of nitrogens with zero attached hydrogens (tertiary/aromatic N) is 4. The Bertz CT molecular complexity index is 754. The second-order valence-corrected chi connectivity index (χ2v) is 8.53. The van der Waals surface area contributed by atoms with Crippen molar-refractivity contribution in [3.8, 4) is 0 Å². The van der Waals surface area contributed by atoms with E-state index in [4.69, 9.17) is 11.6 Å². The van der Waals surface area contributed by atoms with Crippen LogP contribution in [0.2, 0.25) is 5.28 Å². The van der Waals surface area contributed by atoms with Crippen molar-refractivity contribution in [1.82, 2.24) is 19.2 Å². The summed E-state index contributed by atoms with van der Waals surface area (Å²) in [5.74, 6) is 0. The third-order valence-electron chi connectivity index (χ3n) is 3.47. The van der Waals surface area contributed by atoms with Crippen molar-refractivity contribution in [2.75, 3.05) is 32.4 Å². The van der Waals surface area contributed by atoms with Crippen molar-refractivity contribution in [1.29, 1.82) is 0 Å². The smallest absolute Gasteiger partial charge is 0.222 e. The van der Waals surface area contributed by atoms with Crippen LogP contribution < -0.4 is 0 Å². The fourth-order valence-corrected chi connectivity index (χ4v) is 4.37. The van der Waals surface area contributed by atoms with Gasteiger partial charge in [-0.15, -0.1) is 11.3 Å². The van der Waals surface area contributed by atoms with Crippen molar-refractivity contribution in [2.45, 2.75) is 6.54 Å². The summed E-state index contributed by atoms with van der Waals surface area (Å²) in [4.78, 5) is 11.6. The summed E-state index contributed by atoms with van der Waals surface area (Å²) in [6, 6.07) is 2.02. The molecule has 21 heavy (non-hydrogen) atoms. The lowest BCUT2D eigenvalue weighted by molar-refractivity contribution is 0.183. The third kappa shape index (κ3) is 3.51. The van der Waals surface area contributed by atoms with Crippen LogP contribution in [0.15, 0.2) is 12.3 Å². The van der Waals surface area contributed by atoms with Gasteiger partial charge in [-0.05, 0) is 17.7 Å². The number of halogens is 1. The molecule has 0 aliphatic carbocycles. The van der Waals surface area contributed by atoms with Gasteiger partial charge in [0.2, 0.25) is 15.3 Å². The predicted octanol–water partition coefficient (Wildman–Crippen LogP) is 1.42. The molecular formula is C12H15ClN4O2S2. The quantitative estimate of drug-likeness (QED) is 0.786. The van der Waals surface area contributed by atoms with Crippen LogP contribution in [-0.4, -0.2) is 60.0 Å². The predicted molar refractivity (Wildman–Crippen MR) is 84.1 cm³/mol. The average molecular weight is 347 g/mol. The monoisotopic (exact) mass is 346 g/mol. The first-order valence-electron chi connectivity index (χ1n) is 6.50. The second kappa shape index (κ2) is 5.77. The molecule has 0 N–H and O–H groups in total. The maximum atomic E-state index is 11.5. The van der Waals surface area contributed by atoms with E-state index in [1.807, 2.05) is 6.07 Å². The molecule has 0 radical (unpaired) electrons. The lowest BCUT2D eigenvalue weighted by Gasteiger charge is -2.32. The Morgan fingerprint density at radius 1 is 1.33 bits per heavy atom. The number of piperazine rings is 1. The van der Waals surface area contributed by atoms with Crippen LogP contribution in [0, 0.1) is 0 Å². The molecule has 0 amide bonds. The number of hydrogen-bond donors (Lipinski definition) is 0. The minimum Gasteiger partial charge on any atom is -0.296 e. The van der Waals surface area contributed by atoms with Crippen molar-refractivity contribution < 1.29 is 8.42 Å². The Labute approximate surface area is 132 Å². The summed E-state index contributed by atoms with van der Waals surface area (Å²) in [6.07, 6.45) is 3.00. The van der Waals surface area contributed by atoms with Crippen LogP contribution >= 0.6 is 22.9 Å². The van der Waals surface area contributed by atoms with Crippen LogP contribution in [0.1, 0.15) is 4.88 Å². The zero-order chi connectivity index (χ0) is 15.0. The van der Waals surface area contributed by atoms with Crippen LogP contribution in [0.3, 0.4) is 0 Å². The average Bonchev–Trinajstić information content (AvgIpc) is 2.79. The Balaban J connectivity index is 1.67. The van der Waals surface area contributed by atoms with Gasteiger partial charge in [0.05, 0.1) is 16.5 Å². The summed E-state index contributed by atoms with van der Waals surface area (Å²) < 4.78 is 25.5. The maximum absolute atomic E-state index is 11.5. The first-order chi connectivity index (χ1) is 9.91. The maximum Gasteiger partial charge on any atom is 0.222 e. The van der Waals surface area contributed by atoms with Crippen molar-refractivity contribution >= 4 is 43.2 Å². The molecule has 2 aromatic rings. The molecule has 3 heterocycles. The fourth-order valence-electron chi connectivity index (χ4n) is 2.38. The molecule has 0 bridgehead atoms. The highest BCUT2D eigenvalue weighted by Crippen LogP contribution is 2.25. The SMILES string of the molecule is CS(=O)(=O)N1CCN(Cc2cc3nc(Cl)ncc3s2)CC1. The molecule has 1 aliphatic rings. The summed E-state index contributed by atoms with van der Waals surface area (Å²) in [7, 11) is -3.07. The highest BCUT2D eigenvalue weighted by Gasteiger charge is 2.23. The molecule has 0 unspecified atom stereocenters. The zero-order valence-corrected chi connectivity index (χ0v) is 13.9. The van der Waals surface area contributed by atoms with E-state index in [0.29, 0.717) is 13.1 Å². The molecule has 0 spiro atoms. The van der Waals surface area contributed by atoms with Gasteiger partial charge in [-0.25, -0.2) is 18.4 Å². The standard InChI is InChI=1S/C12H15ClN4O2S2/c1-21(18,19)17-4-2-16(3-5-17)8-9-6-10-11(20-9)7-14-12(13)15-10/h6-7H,2-5,8H2,1H3. The van der Waals surface area contributed by atoms with Crippen LogP contribution in [-0.2, 0) is 16.6 Å². The number of sulfonamides is 1. The normalized spacial score (nSPS) is 18.4. The van der Waals surface area contributed by atoms with E-state index in [1.54, 1.807) is 17.5 Å². The number of hydrogen-bond acceptors (Lipinski definition) is 6. The second-order valence-electron chi connectivity index (χ2n) is 5.04. The first-order valence-corrected chi connectivity index (χ1v) is 9.54. The van der Waals surface area contributed by atoms with Gasteiger partial charge in [0.15, 0.2) is 0 Å². The van der Waals surface area contributed by atoms with E-state index < -0.39 is 10.0 Å². The van der Waals surface area contributed by atoms with E-state index in [-0.39, 0.29) is 5.28 Å². The number of fused-ring (bicyclic) bond motifs is 1. The van der Waals surface area contributed by atoms with Crippen LogP contribution in [0.5, 0.6) is 0 Å². The van der Waals surface area contributed by atoms with Gasteiger partial charge in [0.1, 0.15) is 0 Å². The van der Waals surface area contributed by atoms with Gasteiger partial charge in [0.25, 0.3) is 0 Å². The van der Waals surface area contributed by atoms with E-state index in [9.17, 15) is 8.42 Å². The molecule has 0 atom stereocenters. The molecule has 0 saturated carbocycles. The van der Waals surface area contributed by atoms with Gasteiger partial charge in [-0.2, -0.15) is 4.31 Å². The first kappa shape index (κ1) is 15.1. The van der Waals surface area contributed by atoms with Crippen molar-refractivity contribution in [3.05, 3.63) is 22.4 Å². The van der Waals surface area contributed by atoms with Gasteiger partial charge in [-0.1, -0.05) is 0 Å². The van der Waals surface area contributed by atoms with Gasteiger partial charge in [-0.3, -0.25) is 4.90 Å². The van der Waals surface area contributed by atoms with Gasteiger partial charge < -0.3 is 0 Å². The van der Waals surface area contributed by atoms with E-state index in [1.165, 1.54) is 15.4 Å². The zero-order valence-electron chi connectivity index (χ0n) is 11.5. The molecule has 0 aromatic carbocycles. The molecule has 114 valence electrons. The Kier molecular flexibility index (Phi) is 4.15. The number of rotatable bonds is 3. The number of thiophene rings is 1. The fraction of sp³-hybridized carbons (Fsp3) is 0.500. The van der Waals surface area contributed by atoms with E-state index >= 15 is 0 Å². The largest absolute Gasteiger partial charge is 0.296 e. The Morgan fingerprint density at radius 2 is 2.05 bits per heavy atom. The Morgan fingerprint density at radius 3 is 2.71 bits per heavy atom. The van der Waals surface area contributed by atoms with Crippen LogP contribution in [0.25, 0.3) is 10.2 Å². The summed E-state index contributed by atoms with van der Waals surface area (Å²) in [5.41, 5.74) is 0.866. The van der Waals surface area contributed by atoms with E-state index in [0.717, 1.165) is 29.9 Å². The topological polar surface area (TPSA) is 66.4 Å². The third-order valence-corrected chi connectivity index (χ3v) is 6.00. The lowest BCUT2D eigenvalue weighted by Crippen LogP contribution is -2.47. The minimum absolute atomic E-state index is 0.258. The molecule has 1 saturated heterocycles. The summed E-state index contributed by atoms with van der Waals surface area (Å²) in [6.45, 7) is 3.39.